The van der Waals surface area contributed by atoms with Crippen LogP contribution in [0.25, 0.3) is 0 Å². The third-order valence-electron chi connectivity index (χ3n) is 5.20. The van der Waals surface area contributed by atoms with Crippen LogP contribution < -0.4 is 10.4 Å². The predicted molar refractivity (Wildman–Crippen MR) is 103 cm³/mol. The van der Waals surface area contributed by atoms with Gasteiger partial charge in [-0.25, -0.2) is 9.78 Å². The van der Waals surface area contributed by atoms with Crippen molar-refractivity contribution in [2.75, 3.05) is 45.4 Å². The van der Waals surface area contributed by atoms with E-state index in [1.54, 1.807) is 13.2 Å². The number of esters is 1. The number of carbonyl (C=O) groups excluding carboxylic acids is 2. The maximum Gasteiger partial charge on any atom is 0.341 e. The molecule has 1 aromatic heterocycles. The van der Waals surface area contributed by atoms with Crippen molar-refractivity contribution in [1.82, 2.24) is 9.88 Å². The Morgan fingerprint density at radius 2 is 2.04 bits per heavy atom. The number of nitrogens with zero attached hydrogens (tertiary/aromatic N) is 3. The number of hydrogen-bond acceptors (Lipinski definition) is 6. The molecule has 7 nitrogen and oxygen atoms in total. The van der Waals surface area contributed by atoms with Crippen LogP contribution in [0.15, 0.2) is 6.07 Å². The number of methoxy groups -OCH3 is 2. The Labute approximate surface area is 161 Å². The third kappa shape index (κ3) is 4.26. The minimum absolute atomic E-state index is 0.0114. The van der Waals surface area contributed by atoms with Gasteiger partial charge in [0, 0.05) is 44.4 Å². The summed E-state index contributed by atoms with van der Waals surface area (Å²) in [5.74, 6) is 0.623. The fourth-order valence-electron chi connectivity index (χ4n) is 3.57. The fraction of sp³-hybridized carbons (Fsp3) is 0.632. The summed E-state index contributed by atoms with van der Waals surface area (Å²) in [5, 5.41) is 0. The van der Waals surface area contributed by atoms with Gasteiger partial charge in [-0.3, -0.25) is 4.79 Å². The van der Waals surface area contributed by atoms with Crippen LogP contribution in [0, 0.1) is 0 Å². The molecule has 0 bridgehead atoms. The van der Waals surface area contributed by atoms with Crippen molar-refractivity contribution in [2.24, 2.45) is 0 Å². The topological polar surface area (TPSA) is 72.0 Å². The molecule has 144 valence electrons. The summed E-state index contributed by atoms with van der Waals surface area (Å²) < 4.78 is 9.93. The van der Waals surface area contributed by atoms with E-state index in [0.29, 0.717) is 55.4 Å². The number of carbonyl (C=O) groups is 2. The van der Waals surface area contributed by atoms with E-state index >= 15 is 0 Å². The molecule has 1 amide bonds. The Balaban J connectivity index is 1.82. The normalized spacial score (nSPS) is 19.9. The molecule has 0 aromatic carbocycles. The molecule has 1 saturated heterocycles. The first-order valence-corrected chi connectivity index (χ1v) is 9.38. The molecule has 8 heteroatoms. The molecule has 27 heavy (non-hydrogen) atoms. The van der Waals surface area contributed by atoms with Crippen molar-refractivity contribution in [3.8, 4) is 0 Å². The summed E-state index contributed by atoms with van der Waals surface area (Å²) >= 11 is 0. The molecule has 1 aliphatic heterocycles. The van der Waals surface area contributed by atoms with Gasteiger partial charge in [0.05, 0.1) is 20.1 Å². The lowest BCUT2D eigenvalue weighted by Crippen LogP contribution is -2.54. The lowest BCUT2D eigenvalue weighted by molar-refractivity contribution is -0.134. The number of aromatic nitrogens is 1. The SMILES string of the molecule is [B]c1cc(C(=O)OC)c(N2CCN(C(=O)CCOC)[C@H](C)C2)nc1C1CC1. The van der Waals surface area contributed by atoms with E-state index < -0.39 is 5.97 Å². The van der Waals surface area contributed by atoms with E-state index in [2.05, 4.69) is 4.90 Å². The van der Waals surface area contributed by atoms with E-state index in [1.165, 1.54) is 7.11 Å². The Kier molecular flexibility index (Phi) is 6.04. The molecular formula is C19H26BN3O4. The second-order valence-electron chi connectivity index (χ2n) is 7.22. The zero-order valence-corrected chi connectivity index (χ0v) is 16.2. The van der Waals surface area contributed by atoms with Crippen LogP contribution in [-0.2, 0) is 14.3 Å². The number of pyridine rings is 1. The van der Waals surface area contributed by atoms with Crippen molar-refractivity contribution < 1.29 is 19.1 Å². The van der Waals surface area contributed by atoms with E-state index in [-0.39, 0.29) is 11.9 Å². The number of ether oxygens (including phenoxy) is 2. The van der Waals surface area contributed by atoms with Gasteiger partial charge in [0.15, 0.2) is 0 Å². The molecule has 2 heterocycles. The van der Waals surface area contributed by atoms with Crippen LogP contribution in [-0.4, -0.2) is 76.1 Å². The molecule has 1 atom stereocenters. The molecular weight excluding hydrogens is 345 g/mol. The number of rotatable bonds is 6. The molecule has 0 unspecified atom stereocenters. The third-order valence-corrected chi connectivity index (χ3v) is 5.20. The lowest BCUT2D eigenvalue weighted by Gasteiger charge is -2.41. The van der Waals surface area contributed by atoms with E-state index in [9.17, 15) is 9.59 Å². The van der Waals surface area contributed by atoms with Gasteiger partial charge in [0.2, 0.25) is 5.91 Å². The maximum atomic E-state index is 12.3. The smallest absolute Gasteiger partial charge is 0.341 e. The van der Waals surface area contributed by atoms with Crippen LogP contribution in [0.3, 0.4) is 0 Å². The van der Waals surface area contributed by atoms with Gasteiger partial charge in [-0.1, -0.05) is 5.46 Å². The van der Waals surface area contributed by atoms with Crippen molar-refractivity contribution in [3.63, 3.8) is 0 Å². The van der Waals surface area contributed by atoms with E-state index in [0.717, 1.165) is 18.5 Å². The Bertz CT molecular complexity index is 723. The van der Waals surface area contributed by atoms with Crippen LogP contribution in [0.2, 0.25) is 0 Å². The van der Waals surface area contributed by atoms with Gasteiger partial charge in [-0.2, -0.15) is 0 Å². The zero-order chi connectivity index (χ0) is 19.6. The zero-order valence-electron chi connectivity index (χ0n) is 16.2. The van der Waals surface area contributed by atoms with E-state index in [1.807, 2.05) is 11.8 Å². The lowest BCUT2D eigenvalue weighted by atomic mass is 9.90. The second-order valence-corrected chi connectivity index (χ2v) is 7.22. The number of anilines is 1. The van der Waals surface area contributed by atoms with Gasteiger partial charge in [0.25, 0.3) is 0 Å². The highest BCUT2D eigenvalue weighted by Crippen LogP contribution is 2.39. The quantitative estimate of drug-likeness (QED) is 0.539. The van der Waals surface area contributed by atoms with Crippen LogP contribution in [0.4, 0.5) is 5.82 Å². The number of amides is 1. The Morgan fingerprint density at radius 3 is 2.63 bits per heavy atom. The monoisotopic (exact) mass is 371 g/mol. The average Bonchev–Trinajstić information content (AvgIpc) is 3.50. The highest BCUT2D eigenvalue weighted by molar-refractivity contribution is 6.33. The highest BCUT2D eigenvalue weighted by Gasteiger charge is 2.33. The summed E-state index contributed by atoms with van der Waals surface area (Å²) in [6.07, 6.45) is 2.53. The summed E-state index contributed by atoms with van der Waals surface area (Å²) in [4.78, 5) is 33.3. The maximum absolute atomic E-state index is 12.3. The molecule has 0 N–H and O–H groups in total. The van der Waals surface area contributed by atoms with Crippen LogP contribution in [0.1, 0.15) is 48.2 Å². The summed E-state index contributed by atoms with van der Waals surface area (Å²) in [6.45, 7) is 4.21. The van der Waals surface area contributed by atoms with Crippen LogP contribution >= 0.6 is 0 Å². The Morgan fingerprint density at radius 1 is 1.30 bits per heavy atom. The molecule has 0 spiro atoms. The van der Waals surface area contributed by atoms with Gasteiger partial charge in [-0.05, 0) is 25.8 Å². The second kappa shape index (κ2) is 8.29. The first-order chi connectivity index (χ1) is 13.0. The predicted octanol–water partition coefficient (Wildman–Crippen LogP) is 0.613. The summed E-state index contributed by atoms with van der Waals surface area (Å²) in [6, 6.07) is 1.69. The molecule has 1 saturated carbocycles. The number of hydrogen-bond donors (Lipinski definition) is 0. The molecule has 2 fully saturated rings. The van der Waals surface area contributed by atoms with Gasteiger partial charge >= 0.3 is 5.97 Å². The van der Waals surface area contributed by atoms with Crippen molar-refractivity contribution >= 4 is 31.0 Å². The molecule has 1 aliphatic carbocycles. The van der Waals surface area contributed by atoms with Crippen molar-refractivity contribution in [3.05, 3.63) is 17.3 Å². The fourth-order valence-corrected chi connectivity index (χ4v) is 3.57. The summed E-state index contributed by atoms with van der Waals surface area (Å²) in [5.41, 5.74) is 1.79. The highest BCUT2D eigenvalue weighted by atomic mass is 16.5. The standard InChI is InChI=1S/C19H26BN3O4/c1-12-11-22(7-8-23(12)16(24)6-9-26-2)18-14(19(25)27-3)10-15(20)17(21-18)13-4-5-13/h10,12-13H,4-9,11H2,1-3H3/t12-/m1/s1. The van der Waals surface area contributed by atoms with Gasteiger partial charge in [-0.15, -0.1) is 0 Å². The minimum Gasteiger partial charge on any atom is -0.465 e. The molecule has 2 radical (unpaired) electrons. The van der Waals surface area contributed by atoms with Crippen LogP contribution in [0.5, 0.6) is 0 Å². The van der Waals surface area contributed by atoms with Crippen molar-refractivity contribution in [1.29, 1.82) is 0 Å². The molecule has 1 aromatic rings. The summed E-state index contributed by atoms with van der Waals surface area (Å²) in [7, 11) is 9.08. The van der Waals surface area contributed by atoms with Gasteiger partial charge < -0.3 is 19.3 Å². The van der Waals surface area contributed by atoms with Crippen molar-refractivity contribution in [2.45, 2.75) is 38.1 Å². The molecule has 3 rings (SSSR count). The largest absolute Gasteiger partial charge is 0.465 e. The molecule has 2 aliphatic rings. The number of piperazine rings is 1. The van der Waals surface area contributed by atoms with E-state index in [4.69, 9.17) is 22.3 Å². The average molecular weight is 371 g/mol. The Hall–Kier alpha value is -2.09. The first-order valence-electron chi connectivity index (χ1n) is 9.38. The first kappa shape index (κ1) is 19.7. The minimum atomic E-state index is -0.446. The van der Waals surface area contributed by atoms with Gasteiger partial charge in [0.1, 0.15) is 19.2 Å².